The Balaban J connectivity index is 1.74. The van der Waals surface area contributed by atoms with Gasteiger partial charge in [-0.05, 0) is 29.3 Å². The molecule has 3 aromatic carbocycles. The summed E-state index contributed by atoms with van der Waals surface area (Å²) >= 11 is 0. The summed E-state index contributed by atoms with van der Waals surface area (Å²) in [5.41, 5.74) is 4.82. The highest BCUT2D eigenvalue weighted by Crippen LogP contribution is 2.35. The van der Waals surface area contributed by atoms with Crippen molar-refractivity contribution >= 4 is 10.9 Å². The number of aryl methyl sites for hydroxylation is 1. The van der Waals surface area contributed by atoms with Gasteiger partial charge in [-0.25, -0.2) is 0 Å². The van der Waals surface area contributed by atoms with Crippen molar-refractivity contribution in [3.8, 4) is 16.9 Å². The Labute approximate surface area is 141 Å². The Bertz CT molecular complexity index is 955. The smallest absolute Gasteiger partial charge is 0.129 e. The average molecular weight is 313 g/mol. The molecular weight excluding hydrogens is 294 g/mol. The van der Waals surface area contributed by atoms with Crippen LogP contribution in [0.5, 0.6) is 5.75 Å². The van der Waals surface area contributed by atoms with Crippen LogP contribution in [-0.4, -0.2) is 4.57 Å². The van der Waals surface area contributed by atoms with Gasteiger partial charge in [0.25, 0.3) is 0 Å². The molecule has 2 nitrogen and oxygen atoms in total. The Kier molecular flexibility index (Phi) is 3.80. The first-order valence-electron chi connectivity index (χ1n) is 8.13. The van der Waals surface area contributed by atoms with E-state index in [1.54, 1.807) is 0 Å². The highest BCUT2D eigenvalue weighted by Gasteiger charge is 2.11. The molecule has 1 aromatic heterocycles. The number of ether oxygens (including phenoxy) is 1. The number of hydrogen-bond acceptors (Lipinski definition) is 1. The quantitative estimate of drug-likeness (QED) is 0.490. The van der Waals surface area contributed by atoms with E-state index >= 15 is 0 Å². The van der Waals surface area contributed by atoms with E-state index in [1.807, 2.05) is 24.3 Å². The van der Waals surface area contributed by atoms with Crippen molar-refractivity contribution in [2.24, 2.45) is 7.05 Å². The van der Waals surface area contributed by atoms with E-state index in [0.717, 1.165) is 11.1 Å². The minimum absolute atomic E-state index is 0.579. The molecule has 0 atom stereocenters. The summed E-state index contributed by atoms with van der Waals surface area (Å²) < 4.78 is 8.26. The molecular formula is C22H19NO. The number of hydrogen-bond donors (Lipinski definition) is 0. The third-order valence-electron chi connectivity index (χ3n) is 4.32. The normalized spacial score (nSPS) is 10.9. The second kappa shape index (κ2) is 6.25. The molecule has 0 saturated heterocycles. The van der Waals surface area contributed by atoms with Gasteiger partial charge in [-0.2, -0.15) is 0 Å². The van der Waals surface area contributed by atoms with Crippen molar-refractivity contribution in [3.63, 3.8) is 0 Å². The molecule has 0 fully saturated rings. The van der Waals surface area contributed by atoms with Crippen LogP contribution in [-0.2, 0) is 13.7 Å². The van der Waals surface area contributed by atoms with Crippen LogP contribution in [0.25, 0.3) is 22.0 Å². The predicted octanol–water partition coefficient (Wildman–Crippen LogP) is 5.42. The fourth-order valence-corrected chi connectivity index (χ4v) is 3.10. The van der Waals surface area contributed by atoms with Crippen molar-refractivity contribution in [1.29, 1.82) is 0 Å². The first kappa shape index (κ1) is 14.6. The first-order valence-corrected chi connectivity index (χ1v) is 8.13. The van der Waals surface area contributed by atoms with E-state index in [1.165, 1.54) is 22.2 Å². The Morgan fingerprint density at radius 1 is 0.792 bits per heavy atom. The first-order chi connectivity index (χ1) is 11.8. The van der Waals surface area contributed by atoms with Gasteiger partial charge in [0.1, 0.15) is 12.4 Å². The highest BCUT2D eigenvalue weighted by atomic mass is 16.5. The predicted molar refractivity (Wildman–Crippen MR) is 99.1 cm³/mol. The van der Waals surface area contributed by atoms with E-state index in [9.17, 15) is 0 Å². The molecule has 0 unspecified atom stereocenters. The van der Waals surface area contributed by atoms with Crippen LogP contribution >= 0.6 is 0 Å². The van der Waals surface area contributed by atoms with Crippen molar-refractivity contribution < 1.29 is 4.74 Å². The molecule has 0 amide bonds. The van der Waals surface area contributed by atoms with Crippen LogP contribution < -0.4 is 4.74 Å². The van der Waals surface area contributed by atoms with Crippen LogP contribution in [0, 0.1) is 0 Å². The molecule has 24 heavy (non-hydrogen) atoms. The van der Waals surface area contributed by atoms with E-state index < -0.39 is 0 Å². The van der Waals surface area contributed by atoms with Crippen LogP contribution in [0.2, 0.25) is 0 Å². The molecule has 4 rings (SSSR count). The van der Waals surface area contributed by atoms with E-state index in [4.69, 9.17) is 4.74 Å². The van der Waals surface area contributed by atoms with Crippen molar-refractivity contribution in [2.75, 3.05) is 0 Å². The lowest BCUT2D eigenvalue weighted by Crippen LogP contribution is -1.96. The third kappa shape index (κ3) is 2.67. The van der Waals surface area contributed by atoms with Crippen LogP contribution in [0.3, 0.4) is 0 Å². The van der Waals surface area contributed by atoms with E-state index in [-0.39, 0.29) is 0 Å². The van der Waals surface area contributed by atoms with Crippen molar-refractivity contribution in [3.05, 3.63) is 90.6 Å². The SMILES string of the molecule is Cn1ccc2c(OCc3ccccc3)ccc(-c3ccccc3)c21. The molecule has 1 heterocycles. The number of benzene rings is 3. The molecule has 0 aliphatic rings. The van der Waals surface area contributed by atoms with Gasteiger partial charge in [-0.1, -0.05) is 60.7 Å². The lowest BCUT2D eigenvalue weighted by molar-refractivity contribution is 0.310. The average Bonchev–Trinajstić information content (AvgIpc) is 3.04. The number of nitrogens with zero attached hydrogens (tertiary/aromatic N) is 1. The molecule has 0 radical (unpaired) electrons. The Morgan fingerprint density at radius 2 is 1.50 bits per heavy atom. The zero-order chi connectivity index (χ0) is 16.4. The number of aromatic nitrogens is 1. The van der Waals surface area contributed by atoms with Gasteiger partial charge >= 0.3 is 0 Å². The second-order valence-electron chi connectivity index (χ2n) is 5.94. The molecule has 4 aromatic rings. The van der Waals surface area contributed by atoms with Gasteiger partial charge in [0.2, 0.25) is 0 Å². The zero-order valence-electron chi connectivity index (χ0n) is 13.6. The largest absolute Gasteiger partial charge is 0.488 e. The summed E-state index contributed by atoms with van der Waals surface area (Å²) in [5, 5.41) is 1.15. The molecule has 0 spiro atoms. The highest BCUT2D eigenvalue weighted by molar-refractivity contribution is 5.98. The summed E-state index contributed by atoms with van der Waals surface area (Å²) in [7, 11) is 2.08. The topological polar surface area (TPSA) is 14.2 Å². The summed E-state index contributed by atoms with van der Waals surface area (Å²) in [6.07, 6.45) is 2.09. The number of fused-ring (bicyclic) bond motifs is 1. The third-order valence-corrected chi connectivity index (χ3v) is 4.32. The summed E-state index contributed by atoms with van der Waals surface area (Å²) in [4.78, 5) is 0. The summed E-state index contributed by atoms with van der Waals surface area (Å²) in [6, 6.07) is 27.1. The molecule has 2 heteroatoms. The molecule has 118 valence electrons. The van der Waals surface area contributed by atoms with E-state index in [0.29, 0.717) is 6.61 Å². The van der Waals surface area contributed by atoms with Gasteiger partial charge in [-0.3, -0.25) is 0 Å². The minimum atomic E-state index is 0.579. The minimum Gasteiger partial charge on any atom is -0.488 e. The van der Waals surface area contributed by atoms with Crippen LogP contribution in [0.15, 0.2) is 85.1 Å². The maximum absolute atomic E-state index is 6.10. The molecule has 0 bridgehead atoms. The van der Waals surface area contributed by atoms with E-state index in [2.05, 4.69) is 72.4 Å². The second-order valence-corrected chi connectivity index (χ2v) is 5.94. The molecule has 0 saturated carbocycles. The summed E-state index contributed by atoms with van der Waals surface area (Å²) in [5.74, 6) is 0.925. The zero-order valence-corrected chi connectivity index (χ0v) is 13.6. The van der Waals surface area contributed by atoms with Gasteiger partial charge in [0, 0.05) is 24.2 Å². The molecule has 0 aliphatic heterocycles. The van der Waals surface area contributed by atoms with Crippen LogP contribution in [0.4, 0.5) is 0 Å². The number of rotatable bonds is 4. The standard InChI is InChI=1S/C22H19NO/c1-23-15-14-20-21(24-16-17-8-4-2-5-9-17)13-12-19(22(20)23)18-10-6-3-7-11-18/h2-15H,16H2,1H3. The lowest BCUT2D eigenvalue weighted by atomic mass is 10.0. The fourth-order valence-electron chi connectivity index (χ4n) is 3.10. The molecule has 0 aliphatic carbocycles. The van der Waals surface area contributed by atoms with Gasteiger partial charge < -0.3 is 9.30 Å². The van der Waals surface area contributed by atoms with Gasteiger partial charge in [-0.15, -0.1) is 0 Å². The Morgan fingerprint density at radius 3 is 2.25 bits per heavy atom. The monoisotopic (exact) mass is 313 g/mol. The van der Waals surface area contributed by atoms with Crippen molar-refractivity contribution in [2.45, 2.75) is 6.61 Å². The Hall–Kier alpha value is -3.00. The van der Waals surface area contributed by atoms with Gasteiger partial charge in [0.15, 0.2) is 0 Å². The summed E-state index contributed by atoms with van der Waals surface area (Å²) in [6.45, 7) is 0.579. The van der Waals surface area contributed by atoms with Crippen molar-refractivity contribution in [1.82, 2.24) is 4.57 Å². The van der Waals surface area contributed by atoms with Gasteiger partial charge in [0.05, 0.1) is 5.52 Å². The maximum Gasteiger partial charge on any atom is 0.129 e. The maximum atomic E-state index is 6.10. The fraction of sp³-hybridized carbons (Fsp3) is 0.0909. The van der Waals surface area contributed by atoms with Crippen LogP contribution in [0.1, 0.15) is 5.56 Å². The molecule has 0 N–H and O–H groups in total. The lowest BCUT2D eigenvalue weighted by Gasteiger charge is -2.12.